The van der Waals surface area contributed by atoms with E-state index in [9.17, 15) is 0 Å². The molecule has 11 heavy (non-hydrogen) atoms. The summed E-state index contributed by atoms with van der Waals surface area (Å²) in [5.41, 5.74) is 0. The van der Waals surface area contributed by atoms with Gasteiger partial charge in [-0.1, -0.05) is 0 Å². The zero-order valence-electron chi connectivity index (χ0n) is 7.58. The molecular weight excluding hydrogens is 173 g/mol. The molecule has 2 atom stereocenters. The van der Waals surface area contributed by atoms with Crippen molar-refractivity contribution in [2.24, 2.45) is 0 Å². The molecule has 0 bridgehead atoms. The fourth-order valence-corrected chi connectivity index (χ4v) is 9.33. The van der Waals surface area contributed by atoms with Crippen molar-refractivity contribution in [1.29, 1.82) is 0 Å². The van der Waals surface area contributed by atoms with Gasteiger partial charge in [0.1, 0.15) is 6.62 Å². The number of rotatable bonds is 0. The summed E-state index contributed by atoms with van der Waals surface area (Å²) in [5, 5.41) is 0.904. The molecule has 64 valence electrons. The van der Waals surface area contributed by atoms with E-state index in [0.29, 0.717) is 0 Å². The van der Waals surface area contributed by atoms with Crippen LogP contribution < -0.4 is 0 Å². The Morgan fingerprint density at radius 2 is 2.18 bits per heavy atom. The van der Waals surface area contributed by atoms with Crippen molar-refractivity contribution in [2.75, 3.05) is 19.9 Å². The quantitative estimate of drug-likeness (QED) is 0.540. The van der Waals surface area contributed by atoms with E-state index in [0.717, 1.165) is 11.3 Å². The Bertz CT molecular complexity index is 171. The van der Waals surface area contributed by atoms with Gasteiger partial charge >= 0.3 is 0 Å². The van der Waals surface area contributed by atoms with Crippen LogP contribution in [0.25, 0.3) is 0 Å². The maximum absolute atomic E-state index is 2.79. The first-order valence-electron chi connectivity index (χ1n) is 4.41. The van der Waals surface area contributed by atoms with Crippen molar-refractivity contribution in [2.45, 2.75) is 31.1 Å². The molecule has 0 radical (unpaired) electrons. The second-order valence-corrected chi connectivity index (χ2v) is 11.3. The van der Waals surface area contributed by atoms with Crippen LogP contribution in [0.1, 0.15) is 19.8 Å². The fraction of sp³-hybridized carbons (Fsp3) is 1.00. The van der Waals surface area contributed by atoms with Crippen LogP contribution in [-0.2, 0) is 0 Å². The number of nitrogens with zero attached hydrogens (tertiary/aromatic N) is 1. The summed E-state index contributed by atoms with van der Waals surface area (Å²) in [4.78, 5) is 0. The highest BCUT2D eigenvalue weighted by molar-refractivity contribution is 8.62. The molecule has 0 aliphatic carbocycles. The normalized spacial score (nSPS) is 42.8. The summed E-state index contributed by atoms with van der Waals surface area (Å²) >= 11 is 2.25. The van der Waals surface area contributed by atoms with E-state index in [-0.39, 0.29) is 0 Å². The van der Waals surface area contributed by atoms with Gasteiger partial charge < -0.3 is 0 Å². The molecule has 2 aliphatic rings. The van der Waals surface area contributed by atoms with E-state index in [1.165, 1.54) is 19.4 Å². The standard InChI is InChI=1S/C8H17NPS/c1-7-8-5-4-6-9(8)10(2,3)11-7/h7-8H,4-6H2,1-3H3/q+1. The molecule has 0 spiro atoms. The predicted octanol–water partition coefficient (Wildman–Crippen LogP) is 2.69. The van der Waals surface area contributed by atoms with Gasteiger partial charge in [-0.25, -0.2) is 0 Å². The van der Waals surface area contributed by atoms with Gasteiger partial charge in [0.15, 0.2) is 0 Å². The minimum absolute atomic E-state index is 0.703. The smallest absolute Gasteiger partial charge is 0.137 e. The van der Waals surface area contributed by atoms with Gasteiger partial charge in [-0.05, 0) is 19.8 Å². The lowest BCUT2D eigenvalue weighted by molar-refractivity contribution is 0.431. The fourth-order valence-electron chi connectivity index (χ4n) is 2.39. The van der Waals surface area contributed by atoms with E-state index in [2.05, 4.69) is 36.3 Å². The minimum Gasteiger partial charge on any atom is -0.166 e. The van der Waals surface area contributed by atoms with Gasteiger partial charge in [0.05, 0.1) is 24.6 Å². The average Bonchev–Trinajstić information content (AvgIpc) is 2.37. The van der Waals surface area contributed by atoms with Crippen molar-refractivity contribution < 1.29 is 0 Å². The lowest BCUT2D eigenvalue weighted by Gasteiger charge is -2.20. The summed E-state index contributed by atoms with van der Waals surface area (Å²) in [6.07, 6.45) is 2.90. The Hall–Kier alpha value is 0.740. The largest absolute Gasteiger partial charge is 0.166 e. The molecular formula is C8H17NPS+. The van der Waals surface area contributed by atoms with Crippen molar-refractivity contribution in [3.05, 3.63) is 0 Å². The molecule has 0 aromatic carbocycles. The first-order valence-corrected chi connectivity index (χ1v) is 8.53. The Morgan fingerprint density at radius 3 is 2.82 bits per heavy atom. The Labute approximate surface area is 74.1 Å². The predicted molar refractivity (Wildman–Crippen MR) is 55.5 cm³/mol. The highest BCUT2D eigenvalue weighted by Crippen LogP contribution is 2.75. The number of hydrogen-bond acceptors (Lipinski definition) is 2. The van der Waals surface area contributed by atoms with Gasteiger partial charge in [0, 0.05) is 17.9 Å². The summed E-state index contributed by atoms with van der Waals surface area (Å²) in [7, 11) is 0. The molecule has 2 rings (SSSR count). The van der Waals surface area contributed by atoms with Gasteiger partial charge in [-0.15, -0.1) is 0 Å². The van der Waals surface area contributed by atoms with Crippen molar-refractivity contribution in [1.82, 2.24) is 4.67 Å². The molecule has 2 heterocycles. The Kier molecular flexibility index (Phi) is 1.98. The molecule has 3 heteroatoms. The van der Waals surface area contributed by atoms with Crippen LogP contribution in [0.3, 0.4) is 0 Å². The average molecular weight is 190 g/mol. The van der Waals surface area contributed by atoms with Crippen molar-refractivity contribution >= 4 is 18.0 Å². The van der Waals surface area contributed by atoms with Crippen LogP contribution in [0.4, 0.5) is 0 Å². The monoisotopic (exact) mass is 190 g/mol. The summed E-state index contributed by atoms with van der Waals surface area (Å²) in [6.45, 7) is 8.02. The molecule has 0 aromatic heterocycles. The molecule has 2 aliphatic heterocycles. The second kappa shape index (κ2) is 2.61. The van der Waals surface area contributed by atoms with Crippen LogP contribution in [-0.4, -0.2) is 35.8 Å². The van der Waals surface area contributed by atoms with Gasteiger partial charge in [-0.3, -0.25) is 0 Å². The molecule has 2 saturated heterocycles. The Balaban J connectivity index is 2.20. The Morgan fingerprint density at radius 1 is 1.45 bits per heavy atom. The molecule has 2 fully saturated rings. The van der Waals surface area contributed by atoms with Crippen LogP contribution in [0, 0.1) is 0 Å². The van der Waals surface area contributed by atoms with E-state index >= 15 is 0 Å². The third-order valence-electron chi connectivity index (χ3n) is 2.85. The summed E-state index contributed by atoms with van der Waals surface area (Å²) < 4.78 is 2.79. The molecule has 1 nitrogen and oxygen atoms in total. The van der Waals surface area contributed by atoms with Gasteiger partial charge in [0.2, 0.25) is 0 Å². The maximum atomic E-state index is 2.79. The topological polar surface area (TPSA) is 3.24 Å². The second-order valence-electron chi connectivity index (χ2n) is 3.98. The minimum atomic E-state index is -0.703. The zero-order chi connectivity index (χ0) is 8.06. The summed E-state index contributed by atoms with van der Waals surface area (Å²) in [5.74, 6) is 0. The SMILES string of the molecule is CC1S[P+](C)(C)N2CCCC12. The molecule has 0 N–H and O–H groups in total. The third-order valence-corrected chi connectivity index (χ3v) is 8.93. The van der Waals surface area contributed by atoms with E-state index < -0.39 is 6.62 Å². The lowest BCUT2D eigenvalue weighted by atomic mass is 10.2. The number of hydrogen-bond donors (Lipinski definition) is 0. The van der Waals surface area contributed by atoms with Crippen molar-refractivity contribution in [3.63, 3.8) is 0 Å². The zero-order valence-corrected chi connectivity index (χ0v) is 9.29. The first-order chi connectivity index (χ1) is 5.11. The summed E-state index contributed by atoms with van der Waals surface area (Å²) in [6, 6.07) is 0.934. The van der Waals surface area contributed by atoms with Crippen LogP contribution in [0.2, 0.25) is 0 Å². The number of fused-ring (bicyclic) bond motifs is 1. The van der Waals surface area contributed by atoms with Crippen molar-refractivity contribution in [3.8, 4) is 0 Å². The van der Waals surface area contributed by atoms with Crippen LogP contribution >= 0.6 is 18.0 Å². The molecule has 0 aromatic rings. The molecule has 0 saturated carbocycles. The van der Waals surface area contributed by atoms with E-state index in [1.807, 2.05) is 0 Å². The maximum Gasteiger partial charge on any atom is 0.137 e. The van der Waals surface area contributed by atoms with Crippen LogP contribution in [0.15, 0.2) is 0 Å². The van der Waals surface area contributed by atoms with E-state index in [4.69, 9.17) is 0 Å². The highest BCUT2D eigenvalue weighted by atomic mass is 32.7. The van der Waals surface area contributed by atoms with Crippen LogP contribution in [0.5, 0.6) is 0 Å². The lowest BCUT2D eigenvalue weighted by Crippen LogP contribution is -2.26. The highest BCUT2D eigenvalue weighted by Gasteiger charge is 2.54. The molecule has 2 unspecified atom stereocenters. The third kappa shape index (κ3) is 1.24. The molecule has 0 amide bonds. The first kappa shape index (κ1) is 8.34. The van der Waals surface area contributed by atoms with Gasteiger partial charge in [0.25, 0.3) is 0 Å². The van der Waals surface area contributed by atoms with Gasteiger partial charge in [-0.2, -0.15) is 4.67 Å². The van der Waals surface area contributed by atoms with E-state index in [1.54, 1.807) is 0 Å².